The third-order valence-corrected chi connectivity index (χ3v) is 4.29. The number of carbonyl (C=O) groups is 1. The lowest BCUT2D eigenvalue weighted by Gasteiger charge is -2.36. The Morgan fingerprint density at radius 2 is 2.14 bits per heavy atom. The first kappa shape index (κ1) is 16.0. The van der Waals surface area contributed by atoms with Gasteiger partial charge < -0.3 is 15.1 Å². The monoisotopic (exact) mass is 293 g/mol. The molecule has 0 aliphatic carbocycles. The molecule has 0 spiro atoms. The SMILES string of the molecule is CNCCC(=O)N(C)C1CCN(CCn2cccn2)CC1. The van der Waals surface area contributed by atoms with Crippen molar-refractivity contribution in [2.75, 3.05) is 40.3 Å². The Balaban J connectivity index is 1.68. The summed E-state index contributed by atoms with van der Waals surface area (Å²) in [6, 6.07) is 2.35. The predicted molar refractivity (Wildman–Crippen MR) is 83.0 cm³/mol. The highest BCUT2D eigenvalue weighted by Gasteiger charge is 2.24. The quantitative estimate of drug-likeness (QED) is 0.791. The van der Waals surface area contributed by atoms with Crippen molar-refractivity contribution in [3.8, 4) is 0 Å². The van der Waals surface area contributed by atoms with E-state index in [-0.39, 0.29) is 5.91 Å². The van der Waals surface area contributed by atoms with E-state index in [0.29, 0.717) is 12.5 Å². The maximum atomic E-state index is 12.0. The number of hydrogen-bond acceptors (Lipinski definition) is 4. The fourth-order valence-corrected chi connectivity index (χ4v) is 2.82. The van der Waals surface area contributed by atoms with Gasteiger partial charge in [0.2, 0.25) is 5.91 Å². The standard InChI is InChI=1S/C15H27N5O/c1-16-8-4-15(21)18(2)14-5-10-19(11-6-14)12-13-20-9-3-7-17-20/h3,7,9,14,16H,4-6,8,10-13H2,1-2H3. The minimum atomic E-state index is 0.249. The van der Waals surface area contributed by atoms with E-state index < -0.39 is 0 Å². The number of likely N-dealkylation sites (tertiary alicyclic amines) is 1. The average molecular weight is 293 g/mol. The van der Waals surface area contributed by atoms with Crippen molar-refractivity contribution in [3.05, 3.63) is 18.5 Å². The van der Waals surface area contributed by atoms with Gasteiger partial charge in [-0.15, -0.1) is 0 Å². The molecule has 1 N–H and O–H groups in total. The van der Waals surface area contributed by atoms with E-state index >= 15 is 0 Å². The van der Waals surface area contributed by atoms with E-state index in [1.807, 2.05) is 42.1 Å². The molecule has 2 heterocycles. The van der Waals surface area contributed by atoms with Gasteiger partial charge in [0.15, 0.2) is 0 Å². The number of nitrogens with zero attached hydrogens (tertiary/aromatic N) is 4. The van der Waals surface area contributed by atoms with Crippen LogP contribution in [0.5, 0.6) is 0 Å². The average Bonchev–Trinajstić information content (AvgIpc) is 3.04. The Morgan fingerprint density at radius 3 is 2.76 bits per heavy atom. The molecule has 6 heteroatoms. The van der Waals surface area contributed by atoms with Gasteiger partial charge in [-0.25, -0.2) is 0 Å². The number of aromatic nitrogens is 2. The third-order valence-electron chi connectivity index (χ3n) is 4.29. The lowest BCUT2D eigenvalue weighted by atomic mass is 10.0. The molecule has 0 aromatic carbocycles. The van der Waals surface area contributed by atoms with Crippen LogP contribution >= 0.6 is 0 Å². The number of nitrogens with one attached hydrogen (secondary N) is 1. The zero-order valence-electron chi connectivity index (χ0n) is 13.2. The van der Waals surface area contributed by atoms with Crippen LogP contribution in [0.4, 0.5) is 0 Å². The second-order valence-electron chi connectivity index (χ2n) is 5.70. The Labute approximate surface area is 127 Å². The van der Waals surface area contributed by atoms with Crippen LogP contribution in [0.1, 0.15) is 19.3 Å². The highest BCUT2D eigenvalue weighted by molar-refractivity contribution is 5.76. The van der Waals surface area contributed by atoms with Crippen LogP contribution in [0.25, 0.3) is 0 Å². The van der Waals surface area contributed by atoms with E-state index in [9.17, 15) is 4.79 Å². The summed E-state index contributed by atoms with van der Waals surface area (Å²) >= 11 is 0. The van der Waals surface area contributed by atoms with E-state index in [4.69, 9.17) is 0 Å². The highest BCUT2D eigenvalue weighted by atomic mass is 16.2. The molecule has 0 unspecified atom stereocenters. The zero-order chi connectivity index (χ0) is 15.1. The summed E-state index contributed by atoms with van der Waals surface area (Å²) in [4.78, 5) is 16.4. The molecule has 1 aromatic rings. The Morgan fingerprint density at radius 1 is 1.38 bits per heavy atom. The molecule has 0 atom stereocenters. The van der Waals surface area contributed by atoms with Crippen LogP contribution in [-0.2, 0) is 11.3 Å². The van der Waals surface area contributed by atoms with E-state index in [2.05, 4.69) is 15.3 Å². The normalized spacial score (nSPS) is 17.0. The summed E-state index contributed by atoms with van der Waals surface area (Å²) in [7, 11) is 3.83. The molecule has 2 rings (SSSR count). The van der Waals surface area contributed by atoms with Gasteiger partial charge in [-0.05, 0) is 26.0 Å². The van der Waals surface area contributed by atoms with Crippen LogP contribution in [0.2, 0.25) is 0 Å². The Hall–Kier alpha value is -1.40. The lowest BCUT2D eigenvalue weighted by Crippen LogP contribution is -2.46. The van der Waals surface area contributed by atoms with Gasteiger partial charge in [0.25, 0.3) is 0 Å². The topological polar surface area (TPSA) is 53.4 Å². The van der Waals surface area contributed by atoms with E-state index in [1.54, 1.807) is 0 Å². The zero-order valence-corrected chi connectivity index (χ0v) is 13.2. The van der Waals surface area contributed by atoms with Crippen LogP contribution < -0.4 is 5.32 Å². The van der Waals surface area contributed by atoms with Crippen molar-refractivity contribution in [1.82, 2.24) is 24.9 Å². The first-order valence-corrected chi connectivity index (χ1v) is 7.80. The first-order valence-electron chi connectivity index (χ1n) is 7.80. The molecule has 0 radical (unpaired) electrons. The van der Waals surface area contributed by atoms with Crippen LogP contribution in [0, 0.1) is 0 Å². The summed E-state index contributed by atoms with van der Waals surface area (Å²) in [5.41, 5.74) is 0. The molecule has 6 nitrogen and oxygen atoms in total. The number of hydrogen-bond donors (Lipinski definition) is 1. The highest BCUT2D eigenvalue weighted by Crippen LogP contribution is 2.16. The number of carbonyl (C=O) groups excluding carboxylic acids is 1. The molecule has 1 aromatic heterocycles. The summed E-state index contributed by atoms with van der Waals surface area (Å²) in [6.45, 7) is 4.86. The molecule has 0 saturated carbocycles. The number of piperidine rings is 1. The minimum absolute atomic E-state index is 0.249. The maximum absolute atomic E-state index is 12.0. The number of amides is 1. The van der Waals surface area contributed by atoms with Gasteiger partial charge in [0.1, 0.15) is 0 Å². The fourth-order valence-electron chi connectivity index (χ4n) is 2.82. The third kappa shape index (κ3) is 4.82. The molecular weight excluding hydrogens is 266 g/mol. The van der Waals surface area contributed by atoms with Crippen molar-refractivity contribution < 1.29 is 4.79 Å². The van der Waals surface area contributed by atoms with Crippen LogP contribution in [0.3, 0.4) is 0 Å². The summed E-state index contributed by atoms with van der Waals surface area (Å²) in [6.07, 6.45) is 6.55. The van der Waals surface area contributed by atoms with Gasteiger partial charge in [-0.3, -0.25) is 9.48 Å². The molecule has 21 heavy (non-hydrogen) atoms. The summed E-state index contributed by atoms with van der Waals surface area (Å²) < 4.78 is 1.97. The lowest BCUT2D eigenvalue weighted by molar-refractivity contribution is -0.132. The van der Waals surface area contributed by atoms with Gasteiger partial charge in [0, 0.05) is 58.1 Å². The Bertz CT molecular complexity index is 412. The molecule has 1 saturated heterocycles. The Kier molecular flexibility index (Phi) is 6.20. The van der Waals surface area contributed by atoms with Gasteiger partial charge >= 0.3 is 0 Å². The molecule has 118 valence electrons. The van der Waals surface area contributed by atoms with Crippen molar-refractivity contribution in [1.29, 1.82) is 0 Å². The van der Waals surface area contributed by atoms with E-state index in [1.165, 1.54) is 0 Å². The molecule has 0 bridgehead atoms. The minimum Gasteiger partial charge on any atom is -0.343 e. The summed E-state index contributed by atoms with van der Waals surface area (Å²) in [5, 5.41) is 7.26. The van der Waals surface area contributed by atoms with Crippen molar-refractivity contribution >= 4 is 5.91 Å². The smallest absolute Gasteiger partial charge is 0.223 e. The van der Waals surface area contributed by atoms with Gasteiger partial charge in [0.05, 0.1) is 6.54 Å². The predicted octanol–water partition coefficient (Wildman–Crippen LogP) is 0.415. The first-order chi connectivity index (χ1) is 10.2. The van der Waals surface area contributed by atoms with Crippen molar-refractivity contribution in [2.45, 2.75) is 31.8 Å². The molecular formula is C15H27N5O. The van der Waals surface area contributed by atoms with Crippen LogP contribution in [-0.4, -0.2) is 71.8 Å². The number of rotatable bonds is 7. The molecule has 1 aliphatic rings. The molecule has 1 aliphatic heterocycles. The summed E-state index contributed by atoms with van der Waals surface area (Å²) in [5.74, 6) is 0.249. The molecule has 1 amide bonds. The fraction of sp³-hybridized carbons (Fsp3) is 0.733. The van der Waals surface area contributed by atoms with Crippen LogP contribution in [0.15, 0.2) is 18.5 Å². The van der Waals surface area contributed by atoms with Crippen molar-refractivity contribution in [3.63, 3.8) is 0 Å². The molecule has 1 fully saturated rings. The van der Waals surface area contributed by atoms with Crippen molar-refractivity contribution in [2.24, 2.45) is 0 Å². The van der Waals surface area contributed by atoms with E-state index in [0.717, 1.165) is 45.6 Å². The second kappa shape index (κ2) is 8.14. The van der Waals surface area contributed by atoms with Gasteiger partial charge in [-0.1, -0.05) is 0 Å². The maximum Gasteiger partial charge on any atom is 0.223 e. The second-order valence-corrected chi connectivity index (χ2v) is 5.70. The van der Waals surface area contributed by atoms with Gasteiger partial charge in [-0.2, -0.15) is 5.10 Å². The largest absolute Gasteiger partial charge is 0.343 e.